The van der Waals surface area contributed by atoms with Gasteiger partial charge in [0.2, 0.25) is 0 Å². The van der Waals surface area contributed by atoms with E-state index in [2.05, 4.69) is 34.6 Å². The third kappa shape index (κ3) is 4.31. The van der Waals surface area contributed by atoms with Crippen LogP contribution in [-0.2, 0) is 23.9 Å². The van der Waals surface area contributed by atoms with E-state index in [0.717, 1.165) is 38.5 Å². The maximum Gasteiger partial charge on any atom is 0.313 e. The molecule has 0 bridgehead atoms. The number of rotatable bonds is 3. The lowest BCUT2D eigenvalue weighted by atomic mass is 9.41. The highest BCUT2D eigenvalue weighted by Crippen LogP contribution is 2.72. The smallest absolute Gasteiger partial charge is 0.313 e. The molecule has 0 amide bonds. The number of hydrogen-bond donors (Lipinski definition) is 3. The Bertz CT molecular complexity index is 1130. The molecule has 5 aliphatic carbocycles. The van der Waals surface area contributed by atoms with Gasteiger partial charge in [-0.05, 0) is 111 Å². The Morgan fingerprint density at radius 1 is 0.690 bits per heavy atom. The molecule has 8 nitrogen and oxygen atoms in total. The summed E-state index contributed by atoms with van der Waals surface area (Å²) in [4.78, 5) is 36.8. The number of carboxylic acids is 1. The fourth-order valence-corrected chi connectivity index (χ4v) is 12.4. The fourth-order valence-electron chi connectivity index (χ4n) is 12.4. The van der Waals surface area contributed by atoms with Crippen LogP contribution in [0.1, 0.15) is 120 Å². The zero-order valence-corrected chi connectivity index (χ0v) is 27.0. The van der Waals surface area contributed by atoms with Crippen LogP contribution in [0.15, 0.2) is 0 Å². The molecule has 12 atom stereocenters. The highest BCUT2D eigenvalue weighted by molar-refractivity contribution is 5.77. The van der Waals surface area contributed by atoms with E-state index >= 15 is 0 Å². The van der Waals surface area contributed by atoms with E-state index in [4.69, 9.17) is 9.47 Å². The number of carbonyl (C=O) groups excluding carboxylic acids is 2. The minimum absolute atomic E-state index is 0.0779. The van der Waals surface area contributed by atoms with Gasteiger partial charge in [-0.2, -0.15) is 0 Å². The van der Waals surface area contributed by atoms with E-state index in [1.54, 1.807) is 6.92 Å². The van der Waals surface area contributed by atoms with Crippen LogP contribution >= 0.6 is 0 Å². The number of aliphatic carboxylic acids is 1. The van der Waals surface area contributed by atoms with Crippen molar-refractivity contribution in [1.29, 1.82) is 0 Å². The quantitative estimate of drug-likeness (QED) is 0.367. The molecule has 5 aliphatic rings. The molecule has 3 N–H and O–H groups in total. The maximum absolute atomic E-state index is 12.9. The highest BCUT2D eigenvalue weighted by Gasteiger charge is 2.71. The summed E-state index contributed by atoms with van der Waals surface area (Å²) < 4.78 is 11.5. The average molecular weight is 591 g/mol. The van der Waals surface area contributed by atoms with Gasteiger partial charge in [0.1, 0.15) is 17.6 Å². The molecule has 0 aliphatic heterocycles. The third-order valence-corrected chi connectivity index (χ3v) is 14.2. The molecule has 5 rings (SSSR count). The van der Waals surface area contributed by atoms with Crippen molar-refractivity contribution in [1.82, 2.24) is 0 Å². The summed E-state index contributed by atoms with van der Waals surface area (Å²) in [5, 5.41) is 35.1. The highest BCUT2D eigenvalue weighted by atomic mass is 16.5. The lowest BCUT2D eigenvalue weighted by Gasteiger charge is -2.65. The molecule has 0 radical (unpaired) electrons. The first-order valence-corrected chi connectivity index (χ1v) is 16.2. The summed E-state index contributed by atoms with van der Waals surface area (Å²) in [6, 6.07) is 0. The second-order valence-corrected chi connectivity index (χ2v) is 16.6. The predicted octanol–water partition coefficient (Wildman–Crippen LogP) is 5.51. The summed E-state index contributed by atoms with van der Waals surface area (Å²) in [5.41, 5.74) is -3.59. The van der Waals surface area contributed by atoms with Crippen LogP contribution in [0.4, 0.5) is 0 Å². The van der Waals surface area contributed by atoms with Crippen LogP contribution in [-0.4, -0.2) is 57.1 Å². The van der Waals surface area contributed by atoms with E-state index in [1.807, 2.05) is 0 Å². The van der Waals surface area contributed by atoms with Crippen molar-refractivity contribution in [2.45, 2.75) is 144 Å². The molecular formula is C34H54O8. The van der Waals surface area contributed by atoms with Crippen LogP contribution < -0.4 is 0 Å². The Hall–Kier alpha value is -1.67. The van der Waals surface area contributed by atoms with E-state index in [-0.39, 0.29) is 57.4 Å². The van der Waals surface area contributed by atoms with Gasteiger partial charge in [-0.25, -0.2) is 0 Å². The zero-order chi connectivity index (χ0) is 31.3. The minimum Gasteiger partial charge on any atom is -0.481 e. The first-order chi connectivity index (χ1) is 19.3. The van der Waals surface area contributed by atoms with E-state index in [1.165, 1.54) is 13.8 Å². The normalized spacial score (nSPS) is 51.4. The van der Waals surface area contributed by atoms with Gasteiger partial charge in [0.05, 0.1) is 11.7 Å². The maximum atomic E-state index is 12.9. The first-order valence-electron chi connectivity index (χ1n) is 16.2. The van der Waals surface area contributed by atoms with Gasteiger partial charge in [0.15, 0.2) is 0 Å². The molecule has 8 heteroatoms. The number of hydrogen-bond acceptors (Lipinski definition) is 7. The van der Waals surface area contributed by atoms with Crippen molar-refractivity contribution in [3.05, 3.63) is 0 Å². The van der Waals surface area contributed by atoms with Crippen molar-refractivity contribution in [3.8, 4) is 0 Å². The number of carbonyl (C=O) groups is 3. The number of aliphatic hydroxyl groups is 2. The molecule has 0 heterocycles. The fraction of sp³-hybridized carbons (Fsp3) is 0.912. The molecule has 238 valence electrons. The SMILES string of the molecule is CC(=O)O[C@H]1CC[C@@]2(C)[C@@H](CC[C@@]3(C)C[C@@]4(O)[C@H](CC[C@@H]32)[C@@]2(C)CC[C@@H](OC(C)=O)C(C)(C)[C@@H]2C[C@@H]4O)[C@@]1(C)C(=O)O. The van der Waals surface area contributed by atoms with Crippen molar-refractivity contribution in [2.24, 2.45) is 50.7 Å². The number of carboxylic acid groups (broad SMARTS) is 1. The van der Waals surface area contributed by atoms with Crippen LogP contribution in [0.25, 0.3) is 0 Å². The second-order valence-electron chi connectivity index (χ2n) is 16.6. The number of fused-ring (bicyclic) bond motifs is 6. The van der Waals surface area contributed by atoms with E-state index in [0.29, 0.717) is 25.7 Å². The second kappa shape index (κ2) is 9.92. The number of aliphatic hydroxyl groups excluding tert-OH is 1. The van der Waals surface area contributed by atoms with Gasteiger partial charge < -0.3 is 24.8 Å². The van der Waals surface area contributed by atoms with Gasteiger partial charge in [-0.3, -0.25) is 14.4 Å². The largest absolute Gasteiger partial charge is 0.481 e. The summed E-state index contributed by atoms with van der Waals surface area (Å²) in [6.07, 6.45) is 5.06. The Balaban J connectivity index is 1.52. The summed E-state index contributed by atoms with van der Waals surface area (Å²) in [6.45, 7) is 15.7. The van der Waals surface area contributed by atoms with E-state index in [9.17, 15) is 29.7 Å². The van der Waals surface area contributed by atoms with Crippen LogP contribution in [0.2, 0.25) is 0 Å². The number of ether oxygens (including phenoxy) is 2. The van der Waals surface area contributed by atoms with Crippen molar-refractivity contribution < 1.29 is 39.2 Å². The van der Waals surface area contributed by atoms with Crippen molar-refractivity contribution in [3.63, 3.8) is 0 Å². The van der Waals surface area contributed by atoms with Gasteiger partial charge >= 0.3 is 17.9 Å². The summed E-state index contributed by atoms with van der Waals surface area (Å²) >= 11 is 0. The van der Waals surface area contributed by atoms with Crippen LogP contribution in [0.5, 0.6) is 0 Å². The molecule has 42 heavy (non-hydrogen) atoms. The molecule has 5 saturated carbocycles. The standard InChI is InChI=1S/C34H54O8/c1-19(35)41-26-12-15-32(7)23-10-9-21-30(5,18-34(23,40)25(37)17-24(32)29(26,3)4)14-11-22-31(21,6)16-13-27(42-20(2)36)33(22,8)28(38)39/h21-27,37,40H,9-18H2,1-8H3,(H,38,39)/t21-,22+,23+,24-,25-,26+,27-,30-,31+,32+,33+,34+/m0/s1. The molecule has 0 spiro atoms. The topological polar surface area (TPSA) is 130 Å². The summed E-state index contributed by atoms with van der Waals surface area (Å²) in [7, 11) is 0. The zero-order valence-electron chi connectivity index (χ0n) is 27.0. The Labute approximate surface area is 251 Å². The molecule has 0 aromatic carbocycles. The van der Waals surface area contributed by atoms with Gasteiger partial charge in [0.25, 0.3) is 0 Å². The van der Waals surface area contributed by atoms with Gasteiger partial charge in [-0.15, -0.1) is 0 Å². The molecule has 5 fully saturated rings. The van der Waals surface area contributed by atoms with Crippen LogP contribution in [0.3, 0.4) is 0 Å². The first kappa shape index (κ1) is 31.7. The average Bonchev–Trinajstić information content (AvgIpc) is 2.99. The summed E-state index contributed by atoms with van der Waals surface area (Å²) in [5.74, 6) is -1.68. The van der Waals surface area contributed by atoms with Crippen LogP contribution in [0, 0.1) is 50.7 Å². The Kier molecular flexibility index (Phi) is 7.50. The molecular weight excluding hydrogens is 536 g/mol. The predicted molar refractivity (Wildman–Crippen MR) is 156 cm³/mol. The minimum atomic E-state index is -1.24. The Morgan fingerprint density at radius 2 is 1.21 bits per heavy atom. The molecule has 0 aromatic heterocycles. The Morgan fingerprint density at radius 3 is 1.79 bits per heavy atom. The monoisotopic (exact) mass is 590 g/mol. The molecule has 0 aromatic rings. The molecule has 0 saturated heterocycles. The van der Waals surface area contributed by atoms with E-state index < -0.39 is 35.2 Å². The van der Waals surface area contributed by atoms with Gasteiger partial charge in [-0.1, -0.05) is 34.6 Å². The van der Waals surface area contributed by atoms with Crippen molar-refractivity contribution >= 4 is 17.9 Å². The lowest BCUT2D eigenvalue weighted by molar-refractivity contribution is -0.255. The third-order valence-electron chi connectivity index (χ3n) is 14.2. The molecule has 0 unspecified atom stereocenters. The lowest BCUT2D eigenvalue weighted by Crippen LogP contribution is -2.67. The number of esters is 2. The van der Waals surface area contributed by atoms with Gasteiger partial charge in [0, 0.05) is 19.3 Å². The van der Waals surface area contributed by atoms with Crippen molar-refractivity contribution in [2.75, 3.05) is 0 Å².